The molecule has 10 rings (SSSR count). The topological polar surface area (TPSA) is 38.7 Å². The summed E-state index contributed by atoms with van der Waals surface area (Å²) in [5.41, 5.74) is 12.8. The molecule has 0 bridgehead atoms. The summed E-state index contributed by atoms with van der Waals surface area (Å²) in [7, 11) is 0. The molecule has 0 aliphatic carbocycles. The van der Waals surface area contributed by atoms with Crippen molar-refractivity contribution in [3.63, 3.8) is 0 Å². The Morgan fingerprint density at radius 3 is 1.45 bits per heavy atom. The molecule has 0 saturated heterocycles. The Morgan fingerprint density at radius 1 is 0.321 bits per heavy atom. The van der Waals surface area contributed by atoms with Gasteiger partial charge in [-0.2, -0.15) is 0 Å². The molecular weight excluding hydrogens is 663 g/mol. The number of aromatic nitrogens is 3. The Kier molecular flexibility index (Phi) is 7.67. The van der Waals surface area contributed by atoms with E-state index < -0.39 is 0 Å². The van der Waals surface area contributed by atoms with Crippen LogP contribution in [0.4, 0.5) is 0 Å². The van der Waals surface area contributed by atoms with Gasteiger partial charge >= 0.3 is 0 Å². The first-order valence-corrected chi connectivity index (χ1v) is 18.6. The summed E-state index contributed by atoms with van der Waals surface area (Å²) in [6, 6.07) is 66.0. The summed E-state index contributed by atoms with van der Waals surface area (Å²) in [4.78, 5) is 16.9. The molecule has 53 heavy (non-hydrogen) atoms. The van der Waals surface area contributed by atoms with E-state index in [1.165, 1.54) is 48.2 Å². The maximum absolute atomic E-state index is 5.37. The molecule has 0 saturated carbocycles. The van der Waals surface area contributed by atoms with Crippen molar-refractivity contribution >= 4 is 43.2 Å². The van der Waals surface area contributed by atoms with Crippen LogP contribution in [0.25, 0.3) is 98.5 Å². The number of nitrogens with zero attached hydrogens (tertiary/aromatic N) is 3. The number of thiophene rings is 1. The lowest BCUT2D eigenvalue weighted by Gasteiger charge is -2.12. The minimum absolute atomic E-state index is 0.695. The summed E-state index contributed by atoms with van der Waals surface area (Å²) in [6.07, 6.45) is 0. The number of para-hydroxylation sites is 2. The normalized spacial score (nSPS) is 11.4. The van der Waals surface area contributed by atoms with Gasteiger partial charge in [0, 0.05) is 48.0 Å². The molecule has 248 valence electrons. The van der Waals surface area contributed by atoms with Crippen molar-refractivity contribution in [1.82, 2.24) is 15.0 Å². The Labute approximate surface area is 311 Å². The molecule has 0 aliphatic heterocycles. The first-order chi connectivity index (χ1) is 26.3. The second-order valence-electron chi connectivity index (χ2n) is 13.2. The van der Waals surface area contributed by atoms with Crippen LogP contribution in [-0.2, 0) is 0 Å². The predicted molar refractivity (Wildman–Crippen MR) is 223 cm³/mol. The van der Waals surface area contributed by atoms with E-state index in [4.69, 9.17) is 15.0 Å². The van der Waals surface area contributed by atoms with E-state index in [2.05, 4.69) is 176 Å². The molecule has 7 aromatic carbocycles. The average molecular weight is 694 g/mol. The van der Waals surface area contributed by atoms with Crippen LogP contribution in [0.1, 0.15) is 0 Å². The molecule has 3 heterocycles. The molecule has 0 N–H and O–H groups in total. The fourth-order valence-corrected chi connectivity index (χ4v) is 8.69. The van der Waals surface area contributed by atoms with Gasteiger partial charge in [0.1, 0.15) is 0 Å². The van der Waals surface area contributed by atoms with E-state index in [1.807, 2.05) is 23.5 Å². The highest BCUT2D eigenvalue weighted by atomic mass is 32.1. The Morgan fingerprint density at radius 2 is 0.792 bits per heavy atom. The Balaban J connectivity index is 1.12. The maximum atomic E-state index is 5.37. The molecule has 3 aromatic heterocycles. The fourth-order valence-electron chi connectivity index (χ4n) is 7.32. The third-order valence-corrected chi connectivity index (χ3v) is 11.2. The van der Waals surface area contributed by atoms with E-state index in [1.54, 1.807) is 0 Å². The average Bonchev–Trinajstić information content (AvgIpc) is 3.65. The molecule has 4 heteroatoms. The van der Waals surface area contributed by atoms with Gasteiger partial charge in [-0.15, -0.1) is 11.3 Å². The monoisotopic (exact) mass is 693 g/mol. The number of hydrogen-bond donors (Lipinski definition) is 0. The highest BCUT2D eigenvalue weighted by molar-refractivity contribution is 7.24. The van der Waals surface area contributed by atoms with Gasteiger partial charge in [0.25, 0.3) is 0 Å². The second-order valence-corrected chi connectivity index (χ2v) is 14.2. The summed E-state index contributed by atoms with van der Waals surface area (Å²) in [5.74, 6) is 0.695. The first-order valence-electron chi connectivity index (χ1n) is 17.8. The van der Waals surface area contributed by atoms with Crippen molar-refractivity contribution < 1.29 is 0 Å². The molecule has 0 unspecified atom stereocenters. The van der Waals surface area contributed by atoms with Crippen molar-refractivity contribution in [2.24, 2.45) is 0 Å². The van der Waals surface area contributed by atoms with Gasteiger partial charge in [-0.1, -0.05) is 176 Å². The molecule has 0 aliphatic rings. The van der Waals surface area contributed by atoms with Crippen molar-refractivity contribution in [2.45, 2.75) is 0 Å². The van der Waals surface area contributed by atoms with Gasteiger partial charge < -0.3 is 0 Å². The zero-order valence-electron chi connectivity index (χ0n) is 28.6. The Hall–Kier alpha value is -6.75. The summed E-state index contributed by atoms with van der Waals surface area (Å²) in [6.45, 7) is 0. The van der Waals surface area contributed by atoms with Gasteiger partial charge in [0.2, 0.25) is 0 Å². The first kappa shape index (κ1) is 31.0. The molecule has 0 fully saturated rings. The van der Waals surface area contributed by atoms with Crippen molar-refractivity contribution in [3.05, 3.63) is 188 Å². The number of fused-ring (bicyclic) bond motifs is 4. The van der Waals surface area contributed by atoms with Crippen LogP contribution in [0.15, 0.2) is 188 Å². The third-order valence-electron chi connectivity index (χ3n) is 9.91. The quantitative estimate of drug-likeness (QED) is 0.174. The van der Waals surface area contributed by atoms with Gasteiger partial charge in [-0.3, -0.25) is 0 Å². The van der Waals surface area contributed by atoms with Gasteiger partial charge in [0.05, 0.1) is 22.4 Å². The van der Waals surface area contributed by atoms with Gasteiger partial charge in [-0.05, 0) is 34.4 Å². The lowest BCUT2D eigenvalue weighted by molar-refractivity contribution is 1.23. The van der Waals surface area contributed by atoms with Crippen molar-refractivity contribution in [3.8, 4) is 66.6 Å². The molecule has 0 amide bonds. The molecule has 10 aromatic rings. The van der Waals surface area contributed by atoms with E-state index in [9.17, 15) is 0 Å². The van der Waals surface area contributed by atoms with Crippen molar-refractivity contribution in [1.29, 1.82) is 0 Å². The van der Waals surface area contributed by atoms with Crippen LogP contribution < -0.4 is 0 Å². The summed E-state index contributed by atoms with van der Waals surface area (Å²) >= 11 is 1.85. The lowest BCUT2D eigenvalue weighted by Crippen LogP contribution is -1.95. The van der Waals surface area contributed by atoms with Crippen LogP contribution in [0, 0.1) is 0 Å². The lowest BCUT2D eigenvalue weighted by atomic mass is 9.94. The number of hydrogen-bond acceptors (Lipinski definition) is 4. The fraction of sp³-hybridized carbons (Fsp3) is 0. The zero-order valence-corrected chi connectivity index (χ0v) is 29.5. The van der Waals surface area contributed by atoms with E-state index in [0.717, 1.165) is 44.5 Å². The minimum Gasteiger partial charge on any atom is -0.247 e. The minimum atomic E-state index is 0.695. The van der Waals surface area contributed by atoms with E-state index in [-0.39, 0.29) is 0 Å². The largest absolute Gasteiger partial charge is 0.247 e. The molecule has 0 radical (unpaired) electrons. The van der Waals surface area contributed by atoms with Crippen LogP contribution in [0.5, 0.6) is 0 Å². The van der Waals surface area contributed by atoms with Crippen LogP contribution in [-0.4, -0.2) is 15.0 Å². The second kappa shape index (κ2) is 13.1. The Bertz CT molecular complexity index is 2900. The molecule has 0 atom stereocenters. The van der Waals surface area contributed by atoms with Crippen LogP contribution in [0.3, 0.4) is 0 Å². The van der Waals surface area contributed by atoms with Gasteiger partial charge in [0.15, 0.2) is 5.82 Å². The van der Waals surface area contributed by atoms with Crippen LogP contribution >= 0.6 is 11.3 Å². The number of pyridine rings is 1. The zero-order chi connectivity index (χ0) is 35.1. The van der Waals surface area contributed by atoms with E-state index in [0.29, 0.717) is 5.82 Å². The summed E-state index contributed by atoms with van der Waals surface area (Å²) in [5, 5.41) is 3.37. The number of rotatable bonds is 6. The SMILES string of the molecule is c1ccc(-c2ccc(-c3nc(-c4ccc(-c5nc6ccccc6c6sc(-c7ccccc7)c(-c7ccccc7)c56)cc4)nc4ccccc34)cc2)cc1. The highest BCUT2D eigenvalue weighted by Crippen LogP contribution is 2.50. The van der Waals surface area contributed by atoms with Crippen molar-refractivity contribution in [2.75, 3.05) is 0 Å². The van der Waals surface area contributed by atoms with Gasteiger partial charge in [-0.25, -0.2) is 15.0 Å². The smallest absolute Gasteiger partial charge is 0.160 e. The number of benzene rings is 7. The third kappa shape index (κ3) is 5.57. The van der Waals surface area contributed by atoms with Crippen LogP contribution in [0.2, 0.25) is 0 Å². The summed E-state index contributed by atoms with van der Waals surface area (Å²) < 4.78 is 1.24. The highest BCUT2D eigenvalue weighted by Gasteiger charge is 2.22. The predicted octanol–water partition coefficient (Wildman–Crippen LogP) is 13.4. The standard InChI is InChI=1S/C49H31N3S/c1-4-14-32(15-5-1)33-24-26-35(27-25-33)45-39-20-10-12-22-41(39)51-49(52-45)38-30-28-36(29-31-38)46-44-43(34-16-6-2-7-17-34)47(37-18-8-3-9-19-37)53-48(44)40-21-11-13-23-42(40)50-46/h1-31H. The maximum Gasteiger partial charge on any atom is 0.160 e. The molecule has 3 nitrogen and oxygen atoms in total. The molecule has 0 spiro atoms. The van der Waals surface area contributed by atoms with E-state index >= 15 is 0 Å². The molecular formula is C49H31N3S.